The van der Waals surface area contributed by atoms with Crippen molar-refractivity contribution >= 4 is 46.1 Å². The van der Waals surface area contributed by atoms with Crippen molar-refractivity contribution in [2.75, 3.05) is 19.5 Å². The fourth-order valence-electron chi connectivity index (χ4n) is 2.33. The van der Waals surface area contributed by atoms with Crippen LogP contribution in [-0.4, -0.2) is 25.1 Å². The summed E-state index contributed by atoms with van der Waals surface area (Å²) in [5, 5.41) is 5.87. The fourth-order valence-corrected chi connectivity index (χ4v) is 3.45. The van der Waals surface area contributed by atoms with Crippen LogP contribution in [0.5, 0.6) is 11.5 Å². The molecular weight excluding hydrogens is 395 g/mol. The van der Waals surface area contributed by atoms with Gasteiger partial charge in [-0.15, -0.1) is 11.3 Å². The minimum Gasteiger partial charge on any atom is -0.493 e. The maximum absolute atomic E-state index is 12.4. The Morgan fingerprint density at radius 1 is 1.12 bits per heavy atom. The molecule has 0 unspecified atom stereocenters. The number of para-hydroxylation sites is 1. The molecule has 0 aliphatic carbocycles. The topological polar surface area (TPSA) is 60.5 Å². The average Bonchev–Trinajstić information content (AvgIpc) is 3.14. The van der Waals surface area contributed by atoms with Crippen LogP contribution >= 0.6 is 34.5 Å². The molecule has 3 aromatic rings. The zero-order valence-electron chi connectivity index (χ0n) is 13.9. The predicted octanol–water partition coefficient (Wildman–Crippen LogP) is 5.39. The van der Waals surface area contributed by atoms with Gasteiger partial charge in [0.05, 0.1) is 29.8 Å². The Bertz CT molecular complexity index is 959. The summed E-state index contributed by atoms with van der Waals surface area (Å²) >= 11 is 13.2. The van der Waals surface area contributed by atoms with Crippen LogP contribution in [0.3, 0.4) is 0 Å². The minimum absolute atomic E-state index is 0.293. The van der Waals surface area contributed by atoms with E-state index in [9.17, 15) is 4.79 Å². The van der Waals surface area contributed by atoms with E-state index < -0.39 is 0 Å². The number of rotatable bonds is 5. The molecule has 0 aliphatic rings. The van der Waals surface area contributed by atoms with Crippen LogP contribution in [0.2, 0.25) is 10.0 Å². The number of halogens is 2. The van der Waals surface area contributed by atoms with E-state index in [0.29, 0.717) is 37.9 Å². The van der Waals surface area contributed by atoms with Gasteiger partial charge in [-0.05, 0) is 30.3 Å². The molecule has 0 bridgehead atoms. The van der Waals surface area contributed by atoms with Gasteiger partial charge >= 0.3 is 0 Å². The highest BCUT2D eigenvalue weighted by atomic mass is 35.5. The fraction of sp³-hybridized carbons (Fsp3) is 0.111. The summed E-state index contributed by atoms with van der Waals surface area (Å²) in [6, 6.07) is 10.4. The van der Waals surface area contributed by atoms with Gasteiger partial charge in [-0.3, -0.25) is 4.79 Å². The summed E-state index contributed by atoms with van der Waals surface area (Å²) in [6.45, 7) is 0. The number of methoxy groups -OCH3 is 2. The number of hydrogen-bond donors (Lipinski definition) is 1. The van der Waals surface area contributed by atoms with Crippen molar-refractivity contribution in [2.45, 2.75) is 0 Å². The molecule has 8 heteroatoms. The molecule has 3 rings (SSSR count). The summed E-state index contributed by atoms with van der Waals surface area (Å²) in [6.07, 6.45) is 0. The highest BCUT2D eigenvalue weighted by Crippen LogP contribution is 2.39. The average molecular weight is 409 g/mol. The van der Waals surface area contributed by atoms with Crippen molar-refractivity contribution in [3.05, 3.63) is 57.5 Å². The summed E-state index contributed by atoms with van der Waals surface area (Å²) < 4.78 is 10.7. The van der Waals surface area contributed by atoms with E-state index >= 15 is 0 Å². The molecule has 0 saturated heterocycles. The van der Waals surface area contributed by atoms with Gasteiger partial charge in [-0.2, -0.15) is 0 Å². The van der Waals surface area contributed by atoms with Gasteiger partial charge < -0.3 is 14.8 Å². The number of amides is 1. The van der Waals surface area contributed by atoms with Crippen LogP contribution in [0.1, 0.15) is 10.5 Å². The smallest absolute Gasteiger partial charge is 0.275 e. The lowest BCUT2D eigenvalue weighted by molar-refractivity contribution is 0.102. The van der Waals surface area contributed by atoms with Crippen LogP contribution in [-0.2, 0) is 0 Å². The first-order chi connectivity index (χ1) is 12.5. The molecule has 1 heterocycles. The zero-order chi connectivity index (χ0) is 18.7. The normalized spacial score (nSPS) is 10.5. The van der Waals surface area contributed by atoms with Gasteiger partial charge in [-0.1, -0.05) is 29.3 Å². The number of carbonyl (C=O) groups excluding carboxylic acids is 1. The Balaban J connectivity index is 1.86. The number of nitrogens with one attached hydrogen (secondary N) is 1. The van der Waals surface area contributed by atoms with Gasteiger partial charge in [0.15, 0.2) is 11.5 Å². The van der Waals surface area contributed by atoms with E-state index in [4.69, 9.17) is 32.7 Å². The summed E-state index contributed by atoms with van der Waals surface area (Å²) in [4.78, 5) is 16.8. The quantitative estimate of drug-likeness (QED) is 0.614. The molecule has 0 aliphatic heterocycles. The third-order valence-corrected chi connectivity index (χ3v) is 5.16. The molecule has 2 aromatic carbocycles. The largest absolute Gasteiger partial charge is 0.493 e. The molecule has 134 valence electrons. The van der Waals surface area contributed by atoms with Gasteiger partial charge in [0.2, 0.25) is 0 Å². The lowest BCUT2D eigenvalue weighted by Crippen LogP contribution is -2.12. The predicted molar refractivity (Wildman–Crippen MR) is 105 cm³/mol. The van der Waals surface area contributed by atoms with E-state index in [0.717, 1.165) is 5.56 Å². The third-order valence-electron chi connectivity index (χ3n) is 3.55. The number of thiazole rings is 1. The Labute approximate surface area is 164 Å². The monoisotopic (exact) mass is 408 g/mol. The minimum atomic E-state index is -0.340. The van der Waals surface area contributed by atoms with Gasteiger partial charge in [0.25, 0.3) is 5.91 Å². The van der Waals surface area contributed by atoms with E-state index in [-0.39, 0.29) is 5.91 Å². The molecule has 0 fully saturated rings. The SMILES string of the molecule is COc1cccc(-c2nc(C(=O)Nc3ccc(Cl)c(Cl)c3)cs2)c1OC. The first-order valence-electron chi connectivity index (χ1n) is 7.46. The standard InChI is InChI=1S/C18H14Cl2N2O3S/c1-24-15-5-3-4-11(16(15)25-2)18-22-14(9-26-18)17(23)21-10-6-7-12(19)13(20)8-10/h3-9H,1-2H3,(H,21,23). The van der Waals surface area contributed by atoms with Crippen molar-refractivity contribution in [3.8, 4) is 22.1 Å². The highest BCUT2D eigenvalue weighted by molar-refractivity contribution is 7.13. The number of anilines is 1. The van der Waals surface area contributed by atoms with Crippen LogP contribution in [0.15, 0.2) is 41.8 Å². The molecule has 0 radical (unpaired) electrons. The second kappa shape index (κ2) is 7.95. The summed E-state index contributed by atoms with van der Waals surface area (Å²) in [5.74, 6) is 0.829. The van der Waals surface area contributed by atoms with Gasteiger partial charge in [0.1, 0.15) is 10.7 Å². The summed E-state index contributed by atoms with van der Waals surface area (Å²) in [7, 11) is 3.13. The van der Waals surface area contributed by atoms with Gasteiger partial charge in [-0.25, -0.2) is 4.98 Å². The molecule has 26 heavy (non-hydrogen) atoms. The second-order valence-electron chi connectivity index (χ2n) is 5.16. The molecule has 5 nitrogen and oxygen atoms in total. The maximum Gasteiger partial charge on any atom is 0.275 e. The van der Waals surface area contributed by atoms with E-state index in [1.165, 1.54) is 11.3 Å². The molecule has 1 amide bonds. The maximum atomic E-state index is 12.4. The van der Waals surface area contributed by atoms with Crippen LogP contribution in [0, 0.1) is 0 Å². The van der Waals surface area contributed by atoms with Crippen molar-refractivity contribution in [3.63, 3.8) is 0 Å². The Hall–Kier alpha value is -2.28. The number of hydrogen-bond acceptors (Lipinski definition) is 5. The number of carbonyl (C=O) groups is 1. The first-order valence-corrected chi connectivity index (χ1v) is 9.10. The molecular formula is C18H14Cl2N2O3S. The van der Waals surface area contributed by atoms with Crippen LogP contribution in [0.25, 0.3) is 10.6 Å². The molecule has 1 N–H and O–H groups in total. The van der Waals surface area contributed by atoms with E-state index in [1.54, 1.807) is 43.9 Å². The molecule has 0 spiro atoms. The highest BCUT2D eigenvalue weighted by Gasteiger charge is 2.17. The van der Waals surface area contributed by atoms with E-state index in [1.807, 2.05) is 12.1 Å². The second-order valence-corrected chi connectivity index (χ2v) is 6.83. The van der Waals surface area contributed by atoms with Crippen LogP contribution in [0.4, 0.5) is 5.69 Å². The van der Waals surface area contributed by atoms with Gasteiger partial charge in [0, 0.05) is 11.1 Å². The Morgan fingerprint density at radius 3 is 2.62 bits per heavy atom. The number of benzene rings is 2. The number of aromatic nitrogens is 1. The number of ether oxygens (including phenoxy) is 2. The molecule has 1 aromatic heterocycles. The third kappa shape index (κ3) is 3.77. The Kier molecular flexibility index (Phi) is 5.66. The molecule has 0 saturated carbocycles. The van der Waals surface area contributed by atoms with Crippen molar-refractivity contribution < 1.29 is 14.3 Å². The lowest BCUT2D eigenvalue weighted by atomic mass is 10.2. The molecule has 0 atom stereocenters. The van der Waals surface area contributed by atoms with Crippen molar-refractivity contribution in [1.82, 2.24) is 4.98 Å². The first kappa shape index (κ1) is 18.5. The zero-order valence-corrected chi connectivity index (χ0v) is 16.2. The van der Waals surface area contributed by atoms with Crippen molar-refractivity contribution in [1.29, 1.82) is 0 Å². The van der Waals surface area contributed by atoms with Crippen LogP contribution < -0.4 is 14.8 Å². The number of nitrogens with zero attached hydrogens (tertiary/aromatic N) is 1. The van der Waals surface area contributed by atoms with Crippen molar-refractivity contribution in [2.24, 2.45) is 0 Å². The van der Waals surface area contributed by atoms with E-state index in [2.05, 4.69) is 10.3 Å². The summed E-state index contributed by atoms with van der Waals surface area (Å²) in [5.41, 5.74) is 1.59. The lowest BCUT2D eigenvalue weighted by Gasteiger charge is -2.10. The Morgan fingerprint density at radius 2 is 1.92 bits per heavy atom.